The molecule has 0 spiro atoms. The summed E-state index contributed by atoms with van der Waals surface area (Å²) in [6.07, 6.45) is 2.69. The Balaban J connectivity index is 1.29. The van der Waals surface area contributed by atoms with Crippen LogP contribution in [0.1, 0.15) is 18.4 Å². The number of amides is 1. The fourth-order valence-electron chi connectivity index (χ4n) is 3.35. The predicted molar refractivity (Wildman–Crippen MR) is 103 cm³/mol. The van der Waals surface area contributed by atoms with Crippen molar-refractivity contribution >= 4 is 11.9 Å². The lowest BCUT2D eigenvalue weighted by molar-refractivity contribution is -0.128. The lowest BCUT2D eigenvalue weighted by Crippen LogP contribution is -2.34. The van der Waals surface area contributed by atoms with E-state index in [1.165, 1.54) is 5.56 Å². The maximum Gasteiger partial charge on any atom is 0.264 e. The van der Waals surface area contributed by atoms with Crippen molar-refractivity contribution in [3.8, 4) is 11.5 Å². The molecule has 1 amide bonds. The van der Waals surface area contributed by atoms with Gasteiger partial charge in [-0.25, -0.2) is 0 Å². The number of nitrogens with one attached hydrogen (secondary N) is 1. The zero-order valence-corrected chi connectivity index (χ0v) is 15.0. The second-order valence-electron chi connectivity index (χ2n) is 6.69. The van der Waals surface area contributed by atoms with Crippen LogP contribution in [-0.2, 0) is 11.2 Å². The number of nitrogens with zero attached hydrogens (tertiary/aromatic N) is 3. The highest BCUT2D eigenvalue weighted by molar-refractivity contribution is 5.86. The molecule has 1 aliphatic rings. The number of hydrogen-bond acceptors (Lipinski definition) is 5. The summed E-state index contributed by atoms with van der Waals surface area (Å²) in [4.78, 5) is 18.9. The Morgan fingerprint density at radius 2 is 1.81 bits per heavy atom. The molecule has 2 heterocycles. The van der Waals surface area contributed by atoms with Gasteiger partial charge in [-0.2, -0.15) is 4.98 Å². The van der Waals surface area contributed by atoms with Crippen LogP contribution in [0.25, 0.3) is 11.5 Å². The zero-order valence-electron chi connectivity index (χ0n) is 15.0. The number of benzene rings is 2. The maximum absolute atomic E-state index is 12.6. The van der Waals surface area contributed by atoms with Crippen LogP contribution < -0.4 is 5.32 Å². The summed E-state index contributed by atoms with van der Waals surface area (Å²) in [5.74, 6) is 0.913. The molecule has 4 rings (SSSR count). The number of rotatable bonds is 7. The van der Waals surface area contributed by atoms with E-state index >= 15 is 0 Å². The van der Waals surface area contributed by atoms with Gasteiger partial charge in [-0.3, -0.25) is 4.79 Å². The van der Waals surface area contributed by atoms with E-state index in [0.29, 0.717) is 11.8 Å². The van der Waals surface area contributed by atoms with E-state index in [1.807, 2.05) is 53.4 Å². The molecule has 138 valence electrons. The van der Waals surface area contributed by atoms with Gasteiger partial charge >= 0.3 is 0 Å². The molecule has 3 aromatic rings. The van der Waals surface area contributed by atoms with Crippen molar-refractivity contribution in [2.45, 2.75) is 25.3 Å². The molecule has 1 fully saturated rings. The third-order valence-corrected chi connectivity index (χ3v) is 4.78. The molecular formula is C21H22N4O2. The summed E-state index contributed by atoms with van der Waals surface area (Å²) in [5.41, 5.74) is 2.16. The Kier molecular flexibility index (Phi) is 5.14. The SMILES string of the molecule is O=C1C(Nc2noc(-c3ccccc3)n2)CCN1CCCc1ccccc1. The van der Waals surface area contributed by atoms with Crippen LogP contribution >= 0.6 is 0 Å². The molecule has 0 aliphatic carbocycles. The molecule has 1 aliphatic heterocycles. The molecule has 1 atom stereocenters. The van der Waals surface area contributed by atoms with E-state index in [-0.39, 0.29) is 11.9 Å². The molecule has 0 bridgehead atoms. The Morgan fingerprint density at radius 3 is 2.59 bits per heavy atom. The van der Waals surface area contributed by atoms with Gasteiger partial charge in [0.05, 0.1) is 0 Å². The number of anilines is 1. The van der Waals surface area contributed by atoms with Crippen molar-refractivity contribution in [3.63, 3.8) is 0 Å². The molecule has 0 radical (unpaired) electrons. The molecule has 1 saturated heterocycles. The first-order valence-electron chi connectivity index (χ1n) is 9.28. The monoisotopic (exact) mass is 362 g/mol. The topological polar surface area (TPSA) is 71.3 Å². The summed E-state index contributed by atoms with van der Waals surface area (Å²) < 4.78 is 5.29. The van der Waals surface area contributed by atoms with Crippen molar-refractivity contribution in [1.82, 2.24) is 15.0 Å². The molecule has 2 aromatic carbocycles. The van der Waals surface area contributed by atoms with Gasteiger partial charge in [0.15, 0.2) is 0 Å². The quantitative estimate of drug-likeness (QED) is 0.698. The summed E-state index contributed by atoms with van der Waals surface area (Å²) >= 11 is 0. The molecule has 1 unspecified atom stereocenters. The van der Waals surface area contributed by atoms with Crippen molar-refractivity contribution in [2.75, 3.05) is 18.4 Å². The Bertz CT molecular complexity index is 879. The highest BCUT2D eigenvalue weighted by Crippen LogP contribution is 2.20. The highest BCUT2D eigenvalue weighted by atomic mass is 16.5. The van der Waals surface area contributed by atoms with Crippen molar-refractivity contribution in [1.29, 1.82) is 0 Å². The fourth-order valence-corrected chi connectivity index (χ4v) is 3.35. The van der Waals surface area contributed by atoms with Gasteiger partial charge in [-0.1, -0.05) is 48.5 Å². The Hall–Kier alpha value is -3.15. The van der Waals surface area contributed by atoms with Gasteiger partial charge in [-0.05, 0) is 42.1 Å². The van der Waals surface area contributed by atoms with Gasteiger partial charge in [0.1, 0.15) is 6.04 Å². The fraction of sp³-hybridized carbons (Fsp3) is 0.286. The molecule has 1 aromatic heterocycles. The van der Waals surface area contributed by atoms with Crippen molar-refractivity contribution in [2.24, 2.45) is 0 Å². The average Bonchev–Trinajstić information content (AvgIpc) is 3.32. The molecule has 27 heavy (non-hydrogen) atoms. The normalized spacial score (nSPS) is 16.7. The van der Waals surface area contributed by atoms with E-state index in [4.69, 9.17) is 4.52 Å². The zero-order chi connectivity index (χ0) is 18.5. The van der Waals surface area contributed by atoms with Crippen molar-refractivity contribution < 1.29 is 9.32 Å². The van der Waals surface area contributed by atoms with E-state index in [0.717, 1.165) is 37.9 Å². The van der Waals surface area contributed by atoms with Gasteiger partial charge in [-0.15, -0.1) is 0 Å². The molecular weight excluding hydrogens is 340 g/mol. The van der Waals surface area contributed by atoms with Crippen LogP contribution in [0.2, 0.25) is 0 Å². The average molecular weight is 362 g/mol. The summed E-state index contributed by atoms with van der Waals surface area (Å²) in [6.45, 7) is 1.53. The first kappa shape index (κ1) is 17.3. The second kappa shape index (κ2) is 8.03. The lowest BCUT2D eigenvalue weighted by Gasteiger charge is -2.16. The molecule has 0 saturated carbocycles. The molecule has 1 N–H and O–H groups in total. The van der Waals surface area contributed by atoms with Crippen LogP contribution in [-0.4, -0.2) is 40.1 Å². The largest absolute Gasteiger partial charge is 0.341 e. The highest BCUT2D eigenvalue weighted by Gasteiger charge is 2.32. The number of aryl methyl sites for hydroxylation is 1. The molecule has 6 nitrogen and oxygen atoms in total. The standard InChI is InChI=1S/C21H22N4O2/c26-20-18(13-15-25(20)14-7-10-16-8-3-1-4-9-16)22-21-23-19(27-24-21)17-11-5-2-6-12-17/h1-6,8-9,11-12,18H,7,10,13-15H2,(H,22,24). The number of likely N-dealkylation sites (tertiary alicyclic amines) is 1. The van der Waals surface area contributed by atoms with E-state index < -0.39 is 0 Å². The minimum absolute atomic E-state index is 0.106. The minimum Gasteiger partial charge on any atom is -0.341 e. The molecule has 6 heteroatoms. The number of hydrogen-bond donors (Lipinski definition) is 1. The van der Waals surface area contributed by atoms with E-state index in [2.05, 4.69) is 27.6 Å². The van der Waals surface area contributed by atoms with Crippen molar-refractivity contribution in [3.05, 3.63) is 66.2 Å². The van der Waals surface area contributed by atoms with Gasteiger partial charge in [0.25, 0.3) is 11.8 Å². The van der Waals surface area contributed by atoms with Crippen LogP contribution in [0, 0.1) is 0 Å². The van der Waals surface area contributed by atoms with E-state index in [1.54, 1.807) is 0 Å². The third kappa shape index (κ3) is 4.16. The summed E-state index contributed by atoms with van der Waals surface area (Å²) in [6, 6.07) is 19.7. The minimum atomic E-state index is -0.289. The van der Waals surface area contributed by atoms with Crippen LogP contribution in [0.4, 0.5) is 5.95 Å². The van der Waals surface area contributed by atoms with Crippen LogP contribution in [0.15, 0.2) is 65.2 Å². The number of aromatic nitrogens is 2. The number of carbonyl (C=O) groups is 1. The second-order valence-corrected chi connectivity index (χ2v) is 6.69. The van der Waals surface area contributed by atoms with Gasteiger partial charge in [0.2, 0.25) is 5.91 Å². The summed E-state index contributed by atoms with van der Waals surface area (Å²) in [5, 5.41) is 7.06. The van der Waals surface area contributed by atoms with Crippen LogP contribution in [0.3, 0.4) is 0 Å². The Labute approximate surface area is 158 Å². The summed E-state index contributed by atoms with van der Waals surface area (Å²) in [7, 11) is 0. The lowest BCUT2D eigenvalue weighted by atomic mass is 10.1. The van der Waals surface area contributed by atoms with E-state index in [9.17, 15) is 4.79 Å². The maximum atomic E-state index is 12.6. The first-order valence-corrected chi connectivity index (χ1v) is 9.28. The van der Waals surface area contributed by atoms with Gasteiger partial charge < -0.3 is 14.7 Å². The van der Waals surface area contributed by atoms with Crippen LogP contribution in [0.5, 0.6) is 0 Å². The predicted octanol–water partition coefficient (Wildman–Crippen LogP) is 3.38. The first-order chi connectivity index (χ1) is 13.3. The number of carbonyl (C=O) groups excluding carboxylic acids is 1. The third-order valence-electron chi connectivity index (χ3n) is 4.78. The smallest absolute Gasteiger partial charge is 0.264 e. The van der Waals surface area contributed by atoms with Gasteiger partial charge in [0, 0.05) is 18.7 Å². The Morgan fingerprint density at radius 1 is 1.07 bits per heavy atom.